The normalized spacial score (nSPS) is 22.8. The first kappa shape index (κ1) is 23.3. The second kappa shape index (κ2) is 8.07. The first-order valence-corrected chi connectivity index (χ1v) is 13.5. The summed E-state index contributed by atoms with van der Waals surface area (Å²) in [4.78, 5) is 27.0. The van der Waals surface area contributed by atoms with Gasteiger partial charge in [0.25, 0.3) is 0 Å². The number of hydrogen-bond donors (Lipinski definition) is 0. The predicted molar refractivity (Wildman–Crippen MR) is 149 cm³/mol. The van der Waals surface area contributed by atoms with E-state index in [1.54, 1.807) is 6.07 Å². The summed E-state index contributed by atoms with van der Waals surface area (Å²) in [6, 6.07) is 13.7. The van der Waals surface area contributed by atoms with Crippen LogP contribution in [-0.4, -0.2) is 11.6 Å². The number of fused-ring (bicyclic) bond motifs is 7. The van der Waals surface area contributed by atoms with Crippen LogP contribution in [-0.2, 0) is 24.1 Å². The van der Waals surface area contributed by atoms with Gasteiger partial charge in [0.15, 0.2) is 11.6 Å². The summed E-state index contributed by atoms with van der Waals surface area (Å²) in [5.74, 6) is -0.807. The minimum absolute atomic E-state index is 0.00140. The molecule has 0 bridgehead atoms. The van der Waals surface area contributed by atoms with Gasteiger partial charge in [-0.15, -0.1) is 0 Å². The van der Waals surface area contributed by atoms with Gasteiger partial charge in [-0.2, -0.15) is 0 Å². The second-order valence-corrected chi connectivity index (χ2v) is 11.4. The van der Waals surface area contributed by atoms with Gasteiger partial charge in [-0.1, -0.05) is 68.5 Å². The molecule has 0 amide bonds. The summed E-state index contributed by atoms with van der Waals surface area (Å²) in [7, 11) is 0. The van der Waals surface area contributed by atoms with Crippen molar-refractivity contribution in [2.24, 2.45) is 5.92 Å². The summed E-state index contributed by atoms with van der Waals surface area (Å²) in [5.41, 5.74) is 12.6. The third-order valence-electron chi connectivity index (χ3n) is 9.38. The van der Waals surface area contributed by atoms with Crippen LogP contribution in [0.25, 0.3) is 11.6 Å². The topological polar surface area (TPSA) is 34.1 Å². The van der Waals surface area contributed by atoms with Crippen molar-refractivity contribution in [3.05, 3.63) is 128 Å². The monoisotopic (exact) mass is 500 g/mol. The number of rotatable bonds is 2. The maximum atomic E-state index is 15.7. The lowest BCUT2D eigenvalue weighted by molar-refractivity contribution is -0.115. The molecule has 0 saturated heterocycles. The average Bonchev–Trinajstić information content (AvgIpc) is 3.51. The molecule has 0 radical (unpaired) electrons. The van der Waals surface area contributed by atoms with E-state index in [-0.39, 0.29) is 35.1 Å². The van der Waals surface area contributed by atoms with Crippen LogP contribution in [0.2, 0.25) is 0 Å². The number of benzene rings is 3. The van der Waals surface area contributed by atoms with Crippen molar-refractivity contribution in [3.63, 3.8) is 0 Å². The van der Waals surface area contributed by atoms with E-state index >= 15 is 4.39 Å². The fraction of sp³-hybridized carbons (Fsp3) is 0.257. The Kier molecular flexibility index (Phi) is 4.95. The molecule has 0 fully saturated rings. The molecule has 2 nitrogen and oxygen atoms in total. The quantitative estimate of drug-likeness (QED) is 0.342. The van der Waals surface area contributed by atoms with Crippen LogP contribution in [0.1, 0.15) is 86.1 Å². The summed E-state index contributed by atoms with van der Waals surface area (Å²) in [6.07, 6.45) is 5.91. The van der Waals surface area contributed by atoms with Crippen molar-refractivity contribution in [3.8, 4) is 0 Å². The zero-order valence-electron chi connectivity index (χ0n) is 22.0. The highest BCUT2D eigenvalue weighted by molar-refractivity contribution is 6.14. The Hall–Kier alpha value is -3.85. The third kappa shape index (κ3) is 3.05. The molecule has 4 aliphatic rings. The number of hydrogen-bond acceptors (Lipinski definition) is 2. The molecular formula is C35H29FO2. The Bertz CT molecular complexity index is 1700. The lowest BCUT2D eigenvalue weighted by atomic mass is 9.73. The van der Waals surface area contributed by atoms with Crippen LogP contribution >= 0.6 is 0 Å². The molecule has 3 heteroatoms. The number of carbonyl (C=O) groups is 2. The molecular weight excluding hydrogens is 471 g/mol. The van der Waals surface area contributed by atoms with Gasteiger partial charge < -0.3 is 0 Å². The molecule has 188 valence electrons. The molecule has 7 rings (SSSR count). The van der Waals surface area contributed by atoms with Crippen molar-refractivity contribution >= 4 is 23.2 Å². The minimum Gasteiger partial charge on any atom is -0.294 e. The van der Waals surface area contributed by atoms with Gasteiger partial charge in [0.2, 0.25) is 0 Å². The highest BCUT2D eigenvalue weighted by Gasteiger charge is 2.42. The fourth-order valence-corrected chi connectivity index (χ4v) is 7.27. The lowest BCUT2D eigenvalue weighted by Gasteiger charge is -2.30. The van der Waals surface area contributed by atoms with E-state index in [1.807, 2.05) is 32.0 Å². The highest BCUT2D eigenvalue weighted by Crippen LogP contribution is 2.53. The maximum Gasteiger partial charge on any atom is 0.170 e. The number of Topliss-reactive ketones (excluding diaryl/α,β-unsaturated/α-hetero) is 2. The number of carbonyl (C=O) groups excluding carboxylic acids is 2. The SMILES string of the molecule is C=C1C(C)C(=O)c2cc(CC3C4=C(c5ccccc5CC4=O)c4c3cc(C)c3c4CC=C3)c(F)cc2C1C. The number of halogens is 1. The van der Waals surface area contributed by atoms with Crippen LogP contribution in [0.5, 0.6) is 0 Å². The molecule has 0 heterocycles. The van der Waals surface area contributed by atoms with Gasteiger partial charge in [-0.05, 0) is 87.5 Å². The van der Waals surface area contributed by atoms with Crippen molar-refractivity contribution in [1.29, 1.82) is 0 Å². The molecule has 0 spiro atoms. The van der Waals surface area contributed by atoms with Crippen LogP contribution < -0.4 is 0 Å². The Morgan fingerprint density at radius 2 is 1.79 bits per heavy atom. The molecule has 38 heavy (non-hydrogen) atoms. The van der Waals surface area contributed by atoms with Crippen molar-refractivity contribution in [1.82, 2.24) is 0 Å². The van der Waals surface area contributed by atoms with Gasteiger partial charge >= 0.3 is 0 Å². The first-order chi connectivity index (χ1) is 18.3. The van der Waals surface area contributed by atoms with E-state index < -0.39 is 0 Å². The zero-order valence-corrected chi connectivity index (χ0v) is 22.0. The third-order valence-corrected chi connectivity index (χ3v) is 9.38. The van der Waals surface area contributed by atoms with Gasteiger partial charge in [0.05, 0.1) is 0 Å². The lowest BCUT2D eigenvalue weighted by Crippen LogP contribution is -2.25. The van der Waals surface area contributed by atoms with Gasteiger partial charge in [-0.25, -0.2) is 4.39 Å². The van der Waals surface area contributed by atoms with E-state index in [2.05, 4.69) is 37.8 Å². The van der Waals surface area contributed by atoms with Crippen LogP contribution in [0, 0.1) is 18.7 Å². The standard InChI is InChI=1S/C35H29FO2/c1-17-12-27-28(13-22-14-29-26(16-30(22)36)19(3)18(2)20(4)35(29)38)33-31(37)15-21-8-5-6-9-24(21)34(33)32(27)25-11-7-10-23(17)25/h5-10,12,14,16,19-20,28H,2,11,13,15H2,1,3-4H3. The molecule has 0 aliphatic heterocycles. The van der Waals surface area contributed by atoms with E-state index in [0.29, 0.717) is 29.5 Å². The largest absolute Gasteiger partial charge is 0.294 e. The highest BCUT2D eigenvalue weighted by atomic mass is 19.1. The van der Waals surface area contributed by atoms with Crippen LogP contribution in [0.3, 0.4) is 0 Å². The molecule has 3 aromatic carbocycles. The van der Waals surface area contributed by atoms with Crippen molar-refractivity contribution < 1.29 is 14.0 Å². The van der Waals surface area contributed by atoms with Gasteiger partial charge in [0, 0.05) is 35.3 Å². The van der Waals surface area contributed by atoms with Gasteiger partial charge in [0.1, 0.15) is 5.82 Å². The molecule has 3 atom stereocenters. The van der Waals surface area contributed by atoms with E-state index in [1.165, 1.54) is 22.8 Å². The Labute approximate surface area is 222 Å². The van der Waals surface area contributed by atoms with E-state index in [4.69, 9.17) is 0 Å². The second-order valence-electron chi connectivity index (χ2n) is 11.4. The Morgan fingerprint density at radius 3 is 2.61 bits per heavy atom. The number of aryl methyl sites for hydroxylation is 1. The summed E-state index contributed by atoms with van der Waals surface area (Å²) in [6.45, 7) is 10.1. The number of ketones is 2. The number of allylic oxidation sites excluding steroid dienone is 3. The van der Waals surface area contributed by atoms with Gasteiger partial charge in [-0.3, -0.25) is 9.59 Å². The van der Waals surface area contributed by atoms with Crippen molar-refractivity contribution in [2.75, 3.05) is 0 Å². The molecule has 3 unspecified atom stereocenters. The molecule has 0 aromatic heterocycles. The molecule has 0 N–H and O–H groups in total. The Morgan fingerprint density at radius 1 is 1.00 bits per heavy atom. The molecule has 3 aromatic rings. The van der Waals surface area contributed by atoms with E-state index in [9.17, 15) is 9.59 Å². The first-order valence-electron chi connectivity index (χ1n) is 13.5. The Balaban J connectivity index is 1.43. The van der Waals surface area contributed by atoms with Crippen molar-refractivity contribution in [2.45, 2.75) is 51.9 Å². The smallest absolute Gasteiger partial charge is 0.170 e. The fourth-order valence-electron chi connectivity index (χ4n) is 7.27. The minimum atomic E-state index is -0.315. The summed E-state index contributed by atoms with van der Waals surface area (Å²) >= 11 is 0. The zero-order chi connectivity index (χ0) is 26.5. The molecule has 0 saturated carbocycles. The van der Waals surface area contributed by atoms with Crippen LogP contribution in [0.4, 0.5) is 4.39 Å². The predicted octanol–water partition coefficient (Wildman–Crippen LogP) is 7.46. The summed E-state index contributed by atoms with van der Waals surface area (Å²) in [5, 5.41) is 0. The average molecular weight is 501 g/mol. The maximum absolute atomic E-state index is 15.7. The molecule has 4 aliphatic carbocycles. The summed E-state index contributed by atoms with van der Waals surface area (Å²) < 4.78 is 15.7. The van der Waals surface area contributed by atoms with E-state index in [0.717, 1.165) is 45.4 Å². The van der Waals surface area contributed by atoms with Crippen LogP contribution in [0.15, 0.2) is 66.3 Å².